The molecule has 2 rings (SSSR count). The summed E-state index contributed by atoms with van der Waals surface area (Å²) in [6.07, 6.45) is 0. The van der Waals surface area contributed by atoms with E-state index >= 15 is 0 Å². The minimum atomic E-state index is 0.765. The predicted octanol–water partition coefficient (Wildman–Crippen LogP) is 2.32. The third-order valence-corrected chi connectivity index (χ3v) is 3.41. The molecule has 13 heavy (non-hydrogen) atoms. The summed E-state index contributed by atoms with van der Waals surface area (Å²) in [4.78, 5) is 4.44. The summed E-state index contributed by atoms with van der Waals surface area (Å²) in [6, 6.07) is 2.22. The Morgan fingerprint density at radius 3 is 2.85 bits per heavy atom. The highest BCUT2D eigenvalue weighted by atomic mass is 32.2. The SMILES string of the molecule is Cc1nc2c(c(C)c1C#N)CSC2. The van der Waals surface area contributed by atoms with Crippen molar-refractivity contribution in [2.45, 2.75) is 25.4 Å². The van der Waals surface area contributed by atoms with E-state index in [0.717, 1.165) is 28.3 Å². The Balaban J connectivity index is 2.71. The summed E-state index contributed by atoms with van der Waals surface area (Å²) >= 11 is 1.87. The fraction of sp³-hybridized carbons (Fsp3) is 0.400. The second kappa shape index (κ2) is 3.04. The van der Waals surface area contributed by atoms with Gasteiger partial charge in [-0.2, -0.15) is 17.0 Å². The van der Waals surface area contributed by atoms with Gasteiger partial charge in [-0.05, 0) is 25.0 Å². The molecule has 1 aliphatic heterocycles. The van der Waals surface area contributed by atoms with Gasteiger partial charge in [0.2, 0.25) is 0 Å². The largest absolute Gasteiger partial charge is 0.256 e. The first-order valence-electron chi connectivity index (χ1n) is 4.21. The van der Waals surface area contributed by atoms with Crippen molar-refractivity contribution < 1.29 is 0 Å². The van der Waals surface area contributed by atoms with Gasteiger partial charge in [-0.15, -0.1) is 0 Å². The molecule has 0 spiro atoms. The highest BCUT2D eigenvalue weighted by Gasteiger charge is 2.18. The number of hydrogen-bond donors (Lipinski definition) is 0. The standard InChI is InChI=1S/C10H10N2S/c1-6-8(3-11)7(2)12-10-5-13-4-9(6)10/h4-5H2,1-2H3. The Kier molecular flexibility index (Phi) is 2.01. The van der Waals surface area contributed by atoms with Gasteiger partial charge in [0.1, 0.15) is 6.07 Å². The first kappa shape index (κ1) is 8.58. The lowest BCUT2D eigenvalue weighted by Crippen LogP contribution is -2.00. The lowest BCUT2D eigenvalue weighted by Gasteiger charge is -2.06. The van der Waals surface area contributed by atoms with Crippen LogP contribution in [0.1, 0.15) is 28.1 Å². The maximum atomic E-state index is 8.93. The van der Waals surface area contributed by atoms with Crippen molar-refractivity contribution >= 4 is 11.8 Å². The highest BCUT2D eigenvalue weighted by Crippen LogP contribution is 2.32. The van der Waals surface area contributed by atoms with E-state index < -0.39 is 0 Å². The van der Waals surface area contributed by atoms with Gasteiger partial charge in [0.05, 0.1) is 17.0 Å². The number of thioether (sulfide) groups is 1. The normalized spacial score (nSPS) is 13.9. The summed E-state index contributed by atoms with van der Waals surface area (Å²) in [6.45, 7) is 3.94. The molecule has 0 saturated heterocycles. The highest BCUT2D eigenvalue weighted by molar-refractivity contribution is 7.98. The van der Waals surface area contributed by atoms with Crippen molar-refractivity contribution in [3.63, 3.8) is 0 Å². The first-order chi connectivity index (χ1) is 6.24. The van der Waals surface area contributed by atoms with E-state index in [4.69, 9.17) is 5.26 Å². The molecule has 0 fully saturated rings. The Labute approximate surface area is 82.0 Å². The molecule has 2 heterocycles. The molecule has 0 unspecified atom stereocenters. The van der Waals surface area contributed by atoms with E-state index in [0.29, 0.717) is 0 Å². The van der Waals surface area contributed by atoms with Crippen LogP contribution in [0.2, 0.25) is 0 Å². The van der Waals surface area contributed by atoms with E-state index in [1.54, 1.807) is 0 Å². The van der Waals surface area contributed by atoms with Crippen LogP contribution in [0.3, 0.4) is 0 Å². The third-order valence-electron chi connectivity index (χ3n) is 2.44. The van der Waals surface area contributed by atoms with Gasteiger partial charge < -0.3 is 0 Å². The van der Waals surface area contributed by atoms with Crippen LogP contribution in [0.4, 0.5) is 0 Å². The van der Waals surface area contributed by atoms with Gasteiger partial charge in [-0.1, -0.05) is 0 Å². The molecular formula is C10H10N2S. The zero-order chi connectivity index (χ0) is 9.42. The van der Waals surface area contributed by atoms with Crippen LogP contribution in [0.25, 0.3) is 0 Å². The molecule has 1 aromatic rings. The molecule has 1 aliphatic rings. The number of hydrogen-bond acceptors (Lipinski definition) is 3. The lowest BCUT2D eigenvalue weighted by atomic mass is 10.0. The van der Waals surface area contributed by atoms with Crippen LogP contribution >= 0.6 is 11.8 Å². The fourth-order valence-electron chi connectivity index (χ4n) is 1.69. The molecule has 0 amide bonds. The fourth-order valence-corrected chi connectivity index (χ4v) is 2.81. The topological polar surface area (TPSA) is 36.7 Å². The van der Waals surface area contributed by atoms with Crippen molar-refractivity contribution in [2.24, 2.45) is 0 Å². The molecule has 2 nitrogen and oxygen atoms in total. The smallest absolute Gasteiger partial charge is 0.101 e. The molecule has 0 aromatic carbocycles. The van der Waals surface area contributed by atoms with Gasteiger partial charge in [-0.25, -0.2) is 0 Å². The third kappa shape index (κ3) is 1.22. The Morgan fingerprint density at radius 2 is 2.15 bits per heavy atom. The molecule has 0 N–H and O–H groups in total. The van der Waals surface area contributed by atoms with E-state index in [2.05, 4.69) is 11.1 Å². The molecule has 0 aliphatic carbocycles. The van der Waals surface area contributed by atoms with Gasteiger partial charge in [0.25, 0.3) is 0 Å². The molecule has 1 aromatic heterocycles. The van der Waals surface area contributed by atoms with Gasteiger partial charge >= 0.3 is 0 Å². The summed E-state index contributed by atoms with van der Waals surface area (Å²) in [5, 5.41) is 8.93. The molecule has 3 heteroatoms. The van der Waals surface area contributed by atoms with Crippen LogP contribution in [-0.2, 0) is 11.5 Å². The number of fused-ring (bicyclic) bond motifs is 1. The predicted molar refractivity (Wildman–Crippen MR) is 53.4 cm³/mol. The average Bonchev–Trinajstić information content (AvgIpc) is 2.53. The van der Waals surface area contributed by atoms with Crippen LogP contribution in [0, 0.1) is 25.2 Å². The maximum Gasteiger partial charge on any atom is 0.101 e. The van der Waals surface area contributed by atoms with Gasteiger partial charge in [-0.3, -0.25) is 4.98 Å². The van der Waals surface area contributed by atoms with Crippen molar-refractivity contribution in [1.82, 2.24) is 4.98 Å². The van der Waals surface area contributed by atoms with Gasteiger partial charge in [0.15, 0.2) is 0 Å². The Bertz CT molecular complexity index is 404. The minimum absolute atomic E-state index is 0.765. The molecule has 66 valence electrons. The van der Waals surface area contributed by atoms with Gasteiger partial charge in [0, 0.05) is 11.5 Å². The van der Waals surface area contributed by atoms with Crippen LogP contribution < -0.4 is 0 Å². The maximum absolute atomic E-state index is 8.93. The number of nitriles is 1. The summed E-state index contributed by atoms with van der Waals surface area (Å²) in [5.74, 6) is 2.02. The van der Waals surface area contributed by atoms with E-state index in [1.165, 1.54) is 11.3 Å². The summed E-state index contributed by atoms with van der Waals surface area (Å²) in [7, 11) is 0. The molecule has 0 atom stereocenters. The Hall–Kier alpha value is -1.01. The second-order valence-electron chi connectivity index (χ2n) is 3.23. The zero-order valence-electron chi connectivity index (χ0n) is 7.72. The molecular weight excluding hydrogens is 180 g/mol. The number of aryl methyl sites for hydroxylation is 1. The van der Waals surface area contributed by atoms with E-state index in [9.17, 15) is 0 Å². The van der Waals surface area contributed by atoms with Crippen molar-refractivity contribution in [3.05, 3.63) is 28.1 Å². The molecule has 0 radical (unpaired) electrons. The summed E-state index contributed by atoms with van der Waals surface area (Å²) < 4.78 is 0. The first-order valence-corrected chi connectivity index (χ1v) is 5.36. The van der Waals surface area contributed by atoms with Crippen molar-refractivity contribution in [2.75, 3.05) is 0 Å². The molecule has 0 bridgehead atoms. The van der Waals surface area contributed by atoms with E-state index in [-0.39, 0.29) is 0 Å². The summed E-state index contributed by atoms with van der Waals surface area (Å²) in [5.41, 5.74) is 5.24. The number of pyridine rings is 1. The number of nitrogens with zero attached hydrogens (tertiary/aromatic N) is 2. The van der Waals surface area contributed by atoms with Crippen LogP contribution in [0.5, 0.6) is 0 Å². The monoisotopic (exact) mass is 190 g/mol. The zero-order valence-corrected chi connectivity index (χ0v) is 8.53. The van der Waals surface area contributed by atoms with E-state index in [1.807, 2.05) is 25.6 Å². The quantitative estimate of drug-likeness (QED) is 0.630. The number of rotatable bonds is 0. The van der Waals surface area contributed by atoms with Crippen LogP contribution in [-0.4, -0.2) is 4.98 Å². The Morgan fingerprint density at radius 1 is 1.38 bits per heavy atom. The van der Waals surface area contributed by atoms with Crippen LogP contribution in [0.15, 0.2) is 0 Å². The molecule has 0 saturated carbocycles. The average molecular weight is 190 g/mol. The minimum Gasteiger partial charge on any atom is -0.256 e. The van der Waals surface area contributed by atoms with Crippen molar-refractivity contribution in [3.8, 4) is 6.07 Å². The van der Waals surface area contributed by atoms with Crippen molar-refractivity contribution in [1.29, 1.82) is 5.26 Å². The number of aromatic nitrogens is 1. The lowest BCUT2D eigenvalue weighted by molar-refractivity contribution is 1.05. The second-order valence-corrected chi connectivity index (χ2v) is 4.21.